The topological polar surface area (TPSA) is 110 Å². The Balaban J connectivity index is 1.98. The average Bonchev–Trinajstić information content (AvgIpc) is 3.38. The largest absolute Gasteiger partial charge is 0.440 e. The highest BCUT2D eigenvalue weighted by atomic mass is 32.1. The van der Waals surface area contributed by atoms with Gasteiger partial charge in [-0.1, -0.05) is 39.2 Å². The van der Waals surface area contributed by atoms with E-state index in [0.717, 1.165) is 42.7 Å². The minimum Gasteiger partial charge on any atom is -0.440 e. The summed E-state index contributed by atoms with van der Waals surface area (Å²) >= 11 is 1.56. The number of hydrogen-bond acceptors (Lipinski definition) is 7. The molecule has 0 fully saturated rings. The van der Waals surface area contributed by atoms with Crippen molar-refractivity contribution in [1.82, 2.24) is 14.5 Å². The first-order chi connectivity index (χ1) is 15.0. The molecule has 31 heavy (non-hydrogen) atoms. The number of oxazole rings is 1. The minimum atomic E-state index is -0.467. The van der Waals surface area contributed by atoms with E-state index in [4.69, 9.17) is 10.2 Å². The Morgan fingerprint density at radius 1 is 1.23 bits per heavy atom. The van der Waals surface area contributed by atoms with Gasteiger partial charge in [0.05, 0.1) is 11.4 Å². The highest BCUT2D eigenvalue weighted by Gasteiger charge is 2.22. The van der Waals surface area contributed by atoms with Crippen LogP contribution < -0.4 is 21.9 Å². The van der Waals surface area contributed by atoms with Gasteiger partial charge in [-0.2, -0.15) is 0 Å². The molecule has 3 aromatic heterocycles. The van der Waals surface area contributed by atoms with E-state index in [0.29, 0.717) is 37.0 Å². The molecule has 0 radical (unpaired) electrons. The molecule has 0 aliphatic carbocycles. The number of aryl methyl sites for hydroxylation is 1. The van der Waals surface area contributed by atoms with Gasteiger partial charge in [0.1, 0.15) is 23.0 Å². The second-order valence-electron chi connectivity index (χ2n) is 7.63. The van der Waals surface area contributed by atoms with Crippen LogP contribution in [0.4, 0.5) is 11.5 Å². The number of nitrogen functional groups attached to an aromatic ring is 1. The zero-order chi connectivity index (χ0) is 22.4. The molecule has 8 nitrogen and oxygen atoms in total. The third kappa shape index (κ3) is 5.28. The van der Waals surface area contributed by atoms with Crippen molar-refractivity contribution in [3.05, 3.63) is 49.8 Å². The number of nitrogens with one attached hydrogen (secondary N) is 1. The predicted octanol–water partition coefficient (Wildman–Crippen LogP) is 4.14. The van der Waals surface area contributed by atoms with Crippen molar-refractivity contribution < 1.29 is 4.42 Å². The molecule has 0 aliphatic rings. The lowest BCUT2D eigenvalue weighted by Gasteiger charge is -2.25. The van der Waals surface area contributed by atoms with E-state index in [1.54, 1.807) is 11.3 Å². The third-order valence-corrected chi connectivity index (χ3v) is 6.12. The minimum absolute atomic E-state index is 0.207. The molecule has 3 N–H and O–H groups in total. The van der Waals surface area contributed by atoms with E-state index in [1.807, 2.05) is 36.3 Å². The van der Waals surface area contributed by atoms with Crippen molar-refractivity contribution in [3.8, 4) is 10.8 Å². The van der Waals surface area contributed by atoms with E-state index < -0.39 is 11.2 Å². The Labute approximate surface area is 185 Å². The highest BCUT2D eigenvalue weighted by molar-refractivity contribution is 7.13. The van der Waals surface area contributed by atoms with Crippen molar-refractivity contribution in [1.29, 1.82) is 0 Å². The third-order valence-electron chi connectivity index (χ3n) is 5.26. The van der Waals surface area contributed by atoms with Crippen LogP contribution in [0.1, 0.15) is 57.4 Å². The average molecular weight is 446 g/mol. The quantitative estimate of drug-likeness (QED) is 0.429. The number of aromatic nitrogens is 3. The number of thiophene rings is 1. The lowest BCUT2D eigenvalue weighted by Crippen LogP contribution is -2.38. The smallest absolute Gasteiger partial charge is 0.330 e. The number of anilines is 2. The Morgan fingerprint density at radius 3 is 2.68 bits per heavy atom. The van der Waals surface area contributed by atoms with Gasteiger partial charge in [-0.05, 0) is 31.2 Å². The molecule has 0 amide bonds. The van der Waals surface area contributed by atoms with Gasteiger partial charge >= 0.3 is 5.69 Å². The number of unbranched alkanes of at least 4 members (excludes halogenated alkanes) is 3. The number of H-pyrrole nitrogens is 1. The van der Waals surface area contributed by atoms with E-state index in [9.17, 15) is 9.59 Å². The molecule has 0 saturated heterocycles. The zero-order valence-electron chi connectivity index (χ0n) is 18.4. The Morgan fingerprint density at radius 2 is 2.00 bits per heavy atom. The van der Waals surface area contributed by atoms with Gasteiger partial charge in [-0.3, -0.25) is 14.3 Å². The normalized spacial score (nSPS) is 11.2. The second kappa shape index (κ2) is 10.5. The summed E-state index contributed by atoms with van der Waals surface area (Å²) in [6.45, 7) is 7.53. The summed E-state index contributed by atoms with van der Waals surface area (Å²) in [7, 11) is 0. The fraction of sp³-hybridized carbons (Fsp3) is 0.500. The summed E-state index contributed by atoms with van der Waals surface area (Å²) in [4.78, 5) is 35.1. The number of nitrogens with two attached hydrogens (primary N) is 1. The number of nitrogens with zero attached hydrogens (tertiary/aromatic N) is 3. The fourth-order valence-electron chi connectivity index (χ4n) is 3.50. The van der Waals surface area contributed by atoms with Gasteiger partial charge in [0.2, 0.25) is 5.89 Å². The first-order valence-corrected chi connectivity index (χ1v) is 11.7. The summed E-state index contributed by atoms with van der Waals surface area (Å²) in [5, 5.41) is 1.98. The maximum atomic E-state index is 12.8. The molecule has 0 bridgehead atoms. The first-order valence-electron chi connectivity index (χ1n) is 10.8. The molecule has 0 saturated carbocycles. The van der Waals surface area contributed by atoms with Crippen molar-refractivity contribution in [3.63, 3.8) is 0 Å². The lowest BCUT2D eigenvalue weighted by molar-refractivity contribution is 0.539. The number of hydrogen-bond donors (Lipinski definition) is 2. The van der Waals surface area contributed by atoms with Crippen LogP contribution in [-0.2, 0) is 13.1 Å². The van der Waals surface area contributed by atoms with Crippen molar-refractivity contribution in [2.75, 3.05) is 17.2 Å². The van der Waals surface area contributed by atoms with Crippen LogP contribution in [0.15, 0.2) is 31.5 Å². The molecule has 3 heterocycles. The summed E-state index contributed by atoms with van der Waals surface area (Å²) < 4.78 is 7.34. The van der Waals surface area contributed by atoms with Crippen LogP contribution in [0.2, 0.25) is 0 Å². The van der Waals surface area contributed by atoms with E-state index in [2.05, 4.69) is 16.9 Å². The van der Waals surface area contributed by atoms with Gasteiger partial charge in [0.15, 0.2) is 0 Å². The molecule has 9 heteroatoms. The van der Waals surface area contributed by atoms with Crippen LogP contribution in [-0.4, -0.2) is 21.1 Å². The molecular formula is C22H31N5O3S. The molecule has 0 aliphatic heterocycles. The van der Waals surface area contributed by atoms with Gasteiger partial charge < -0.3 is 15.1 Å². The van der Waals surface area contributed by atoms with E-state index in [1.165, 1.54) is 4.57 Å². The van der Waals surface area contributed by atoms with Gasteiger partial charge in [0.25, 0.3) is 5.56 Å². The molecule has 168 valence electrons. The second-order valence-corrected chi connectivity index (χ2v) is 8.57. The predicted molar refractivity (Wildman–Crippen MR) is 126 cm³/mol. The van der Waals surface area contributed by atoms with Crippen LogP contribution in [0.3, 0.4) is 0 Å². The van der Waals surface area contributed by atoms with Gasteiger partial charge in [-0.15, -0.1) is 11.3 Å². The Bertz CT molecular complexity index is 1100. The van der Waals surface area contributed by atoms with Crippen LogP contribution in [0, 0.1) is 6.92 Å². The summed E-state index contributed by atoms with van der Waals surface area (Å²) in [6, 6.07) is 3.92. The van der Waals surface area contributed by atoms with Crippen molar-refractivity contribution >= 4 is 22.8 Å². The maximum Gasteiger partial charge on any atom is 0.330 e. The monoisotopic (exact) mass is 445 g/mol. The molecule has 0 aromatic carbocycles. The highest BCUT2D eigenvalue weighted by Crippen LogP contribution is 2.28. The molecule has 3 rings (SSSR count). The standard InChI is InChI=1S/C22H31N5O3S/c1-4-6-8-11-26(14-16-15(3)30-21(24-16)17-10-9-13-31-17)18-19(23)27(12-7-5-2)22(29)25-20(18)28/h9-10,13H,4-8,11-12,14,23H2,1-3H3,(H,25,28,29). The Kier molecular flexibility index (Phi) is 7.73. The SMILES string of the molecule is CCCCCN(Cc1nc(-c2cccs2)oc1C)c1c(N)n(CCCC)c(=O)[nH]c1=O. The maximum absolute atomic E-state index is 12.8. The first kappa shape index (κ1) is 22.9. The molecule has 0 spiro atoms. The summed E-state index contributed by atoms with van der Waals surface area (Å²) in [6.07, 6.45) is 4.71. The van der Waals surface area contributed by atoms with E-state index in [-0.39, 0.29) is 5.82 Å². The van der Waals surface area contributed by atoms with Crippen molar-refractivity contribution in [2.24, 2.45) is 0 Å². The fourth-order valence-corrected chi connectivity index (χ4v) is 4.15. The van der Waals surface area contributed by atoms with Crippen LogP contribution in [0.5, 0.6) is 0 Å². The van der Waals surface area contributed by atoms with Crippen LogP contribution >= 0.6 is 11.3 Å². The molecule has 0 unspecified atom stereocenters. The molecule has 0 atom stereocenters. The van der Waals surface area contributed by atoms with Crippen LogP contribution in [0.25, 0.3) is 10.8 Å². The van der Waals surface area contributed by atoms with Crippen molar-refractivity contribution in [2.45, 2.75) is 66.0 Å². The Hall–Kier alpha value is -2.81. The summed E-state index contributed by atoms with van der Waals surface area (Å²) in [5.74, 6) is 1.49. The lowest BCUT2D eigenvalue weighted by atomic mass is 10.2. The molecule has 3 aromatic rings. The number of aromatic amines is 1. The number of rotatable bonds is 11. The van der Waals surface area contributed by atoms with E-state index >= 15 is 0 Å². The van der Waals surface area contributed by atoms with Gasteiger partial charge in [-0.25, -0.2) is 9.78 Å². The molecular weight excluding hydrogens is 414 g/mol. The summed E-state index contributed by atoms with van der Waals surface area (Å²) in [5.41, 5.74) is 6.51. The zero-order valence-corrected chi connectivity index (χ0v) is 19.3. The van der Waals surface area contributed by atoms with Gasteiger partial charge in [0, 0.05) is 13.1 Å².